The number of amides is 2. The Morgan fingerprint density at radius 3 is 2.05 bits per heavy atom. The SMILES string of the molecule is CCCCOC1C(OCCCC)N(COC)C(=O)N1CCO. The van der Waals surface area contributed by atoms with Crippen LogP contribution in [-0.4, -0.2) is 73.6 Å². The maximum Gasteiger partial charge on any atom is 0.326 e. The number of hydrogen-bond donors (Lipinski definition) is 1. The van der Waals surface area contributed by atoms with Crippen molar-refractivity contribution in [3.63, 3.8) is 0 Å². The van der Waals surface area contributed by atoms with Crippen LogP contribution in [0.3, 0.4) is 0 Å². The zero-order valence-electron chi connectivity index (χ0n) is 14.0. The first-order chi connectivity index (χ1) is 10.7. The van der Waals surface area contributed by atoms with Crippen LogP contribution >= 0.6 is 0 Å². The summed E-state index contributed by atoms with van der Waals surface area (Å²) in [6.45, 7) is 5.56. The van der Waals surface area contributed by atoms with Crippen LogP contribution in [0.15, 0.2) is 0 Å². The van der Waals surface area contributed by atoms with E-state index >= 15 is 0 Å². The fourth-order valence-corrected chi connectivity index (χ4v) is 2.33. The van der Waals surface area contributed by atoms with E-state index in [1.165, 1.54) is 16.9 Å². The van der Waals surface area contributed by atoms with Gasteiger partial charge in [0.1, 0.15) is 6.73 Å². The molecule has 2 amide bonds. The lowest BCUT2D eigenvalue weighted by molar-refractivity contribution is -0.149. The minimum Gasteiger partial charge on any atom is -0.395 e. The van der Waals surface area contributed by atoms with Crippen molar-refractivity contribution in [2.45, 2.75) is 52.0 Å². The van der Waals surface area contributed by atoms with Gasteiger partial charge in [0.05, 0.1) is 6.61 Å². The maximum atomic E-state index is 12.5. The molecule has 2 unspecified atom stereocenters. The van der Waals surface area contributed by atoms with E-state index in [0.29, 0.717) is 13.2 Å². The van der Waals surface area contributed by atoms with Gasteiger partial charge in [-0.25, -0.2) is 4.79 Å². The average Bonchev–Trinajstić information content (AvgIpc) is 2.75. The van der Waals surface area contributed by atoms with Crippen molar-refractivity contribution >= 4 is 6.03 Å². The molecular weight excluding hydrogens is 288 g/mol. The first kappa shape index (κ1) is 19.2. The quantitative estimate of drug-likeness (QED) is 0.554. The predicted octanol–water partition coefficient (Wildman–Crippen LogP) is 1.61. The number of urea groups is 1. The van der Waals surface area contributed by atoms with E-state index in [4.69, 9.17) is 14.2 Å². The molecule has 7 nitrogen and oxygen atoms in total. The van der Waals surface area contributed by atoms with Gasteiger partial charge in [0.25, 0.3) is 0 Å². The molecule has 0 saturated carbocycles. The molecule has 1 aliphatic rings. The minimum absolute atomic E-state index is 0.109. The smallest absolute Gasteiger partial charge is 0.326 e. The fourth-order valence-electron chi connectivity index (χ4n) is 2.33. The third kappa shape index (κ3) is 5.08. The number of aliphatic hydroxyl groups is 1. The number of β-amino-alcohol motifs (C(OH)–C–C–N with tert-alkyl or cyclic N) is 1. The van der Waals surface area contributed by atoms with E-state index < -0.39 is 12.5 Å². The molecule has 0 aromatic heterocycles. The van der Waals surface area contributed by atoms with Gasteiger partial charge in [-0.05, 0) is 12.8 Å². The van der Waals surface area contributed by atoms with Gasteiger partial charge in [0.2, 0.25) is 0 Å². The Balaban J connectivity index is 2.80. The Labute approximate surface area is 133 Å². The van der Waals surface area contributed by atoms with Gasteiger partial charge in [-0.15, -0.1) is 0 Å². The van der Waals surface area contributed by atoms with Crippen LogP contribution in [-0.2, 0) is 14.2 Å². The van der Waals surface area contributed by atoms with Gasteiger partial charge < -0.3 is 19.3 Å². The largest absolute Gasteiger partial charge is 0.395 e. The van der Waals surface area contributed by atoms with Crippen LogP contribution in [0.2, 0.25) is 0 Å². The molecule has 1 fully saturated rings. The van der Waals surface area contributed by atoms with Crippen LogP contribution in [0.25, 0.3) is 0 Å². The van der Waals surface area contributed by atoms with Crippen molar-refractivity contribution in [1.29, 1.82) is 0 Å². The number of methoxy groups -OCH3 is 1. The zero-order chi connectivity index (χ0) is 16.4. The van der Waals surface area contributed by atoms with E-state index in [0.717, 1.165) is 25.7 Å². The maximum absolute atomic E-state index is 12.5. The second-order valence-corrected chi connectivity index (χ2v) is 5.32. The summed E-state index contributed by atoms with van der Waals surface area (Å²) in [5, 5.41) is 9.21. The van der Waals surface area contributed by atoms with Gasteiger partial charge in [-0.3, -0.25) is 9.80 Å². The van der Waals surface area contributed by atoms with Gasteiger partial charge in [-0.2, -0.15) is 0 Å². The topological polar surface area (TPSA) is 71.5 Å². The second-order valence-electron chi connectivity index (χ2n) is 5.32. The number of hydrogen-bond acceptors (Lipinski definition) is 5. The molecule has 130 valence electrons. The zero-order valence-corrected chi connectivity index (χ0v) is 14.0. The normalized spacial score (nSPS) is 21.9. The minimum atomic E-state index is -0.502. The number of aliphatic hydroxyl groups excluding tert-OH is 1. The highest BCUT2D eigenvalue weighted by molar-refractivity contribution is 5.77. The second kappa shape index (κ2) is 10.8. The molecule has 1 heterocycles. The lowest BCUT2D eigenvalue weighted by atomic mass is 10.3. The number of unbranched alkanes of at least 4 members (excludes halogenated alkanes) is 2. The molecule has 1 N–H and O–H groups in total. The molecule has 0 aromatic rings. The number of nitrogens with zero attached hydrogens (tertiary/aromatic N) is 2. The molecule has 22 heavy (non-hydrogen) atoms. The molecule has 0 aromatic carbocycles. The highest BCUT2D eigenvalue weighted by Gasteiger charge is 2.47. The number of ether oxygens (including phenoxy) is 3. The molecule has 7 heteroatoms. The molecule has 0 bridgehead atoms. The third-order valence-electron chi connectivity index (χ3n) is 3.53. The summed E-state index contributed by atoms with van der Waals surface area (Å²) < 4.78 is 16.9. The van der Waals surface area contributed by atoms with E-state index in [9.17, 15) is 9.90 Å². The first-order valence-electron chi connectivity index (χ1n) is 8.11. The van der Waals surface area contributed by atoms with Crippen molar-refractivity contribution < 1.29 is 24.1 Å². The summed E-state index contributed by atoms with van der Waals surface area (Å²) in [6, 6.07) is -0.223. The van der Waals surface area contributed by atoms with Gasteiger partial charge >= 0.3 is 6.03 Å². The summed E-state index contributed by atoms with van der Waals surface area (Å²) >= 11 is 0. The van der Waals surface area contributed by atoms with Crippen molar-refractivity contribution in [2.24, 2.45) is 0 Å². The molecule has 1 rings (SSSR count). The highest BCUT2D eigenvalue weighted by atomic mass is 16.6. The summed E-state index contributed by atoms with van der Waals surface area (Å²) in [5.41, 5.74) is 0. The molecule has 1 saturated heterocycles. The van der Waals surface area contributed by atoms with Gasteiger partial charge in [0, 0.05) is 26.9 Å². The molecule has 0 radical (unpaired) electrons. The van der Waals surface area contributed by atoms with Crippen LogP contribution in [0.1, 0.15) is 39.5 Å². The lowest BCUT2D eigenvalue weighted by Gasteiger charge is -2.27. The van der Waals surface area contributed by atoms with E-state index in [1.807, 2.05) is 0 Å². The Kier molecular flexibility index (Phi) is 9.38. The van der Waals surface area contributed by atoms with Gasteiger partial charge in [0.15, 0.2) is 12.5 Å². The van der Waals surface area contributed by atoms with Gasteiger partial charge in [-0.1, -0.05) is 26.7 Å². The Bertz CT molecular complexity index is 288. The van der Waals surface area contributed by atoms with Crippen molar-refractivity contribution in [3.05, 3.63) is 0 Å². The Morgan fingerprint density at radius 2 is 1.59 bits per heavy atom. The van der Waals surface area contributed by atoms with E-state index in [-0.39, 0.29) is 25.9 Å². The summed E-state index contributed by atoms with van der Waals surface area (Å²) in [5.74, 6) is 0. The van der Waals surface area contributed by atoms with E-state index in [1.54, 1.807) is 0 Å². The van der Waals surface area contributed by atoms with Crippen LogP contribution in [0.5, 0.6) is 0 Å². The van der Waals surface area contributed by atoms with Crippen LogP contribution in [0.4, 0.5) is 4.79 Å². The van der Waals surface area contributed by atoms with Crippen molar-refractivity contribution in [3.8, 4) is 0 Å². The van der Waals surface area contributed by atoms with Crippen LogP contribution < -0.4 is 0 Å². The monoisotopic (exact) mass is 318 g/mol. The van der Waals surface area contributed by atoms with Crippen molar-refractivity contribution in [2.75, 3.05) is 40.2 Å². The standard InChI is InChI=1S/C15H30N2O5/c1-4-6-10-21-13-14(22-11-7-5-2)17(12-20-3)15(19)16(13)8-9-18/h13-14,18H,4-12H2,1-3H3. The average molecular weight is 318 g/mol. The van der Waals surface area contributed by atoms with Crippen molar-refractivity contribution in [1.82, 2.24) is 9.80 Å². The number of carbonyl (C=O) groups is 1. The fraction of sp³-hybridized carbons (Fsp3) is 0.933. The van der Waals surface area contributed by atoms with E-state index in [2.05, 4.69) is 13.8 Å². The Hall–Kier alpha value is -0.890. The number of carbonyl (C=O) groups excluding carboxylic acids is 1. The molecule has 2 atom stereocenters. The third-order valence-corrected chi connectivity index (χ3v) is 3.53. The summed E-state index contributed by atoms with van der Waals surface area (Å²) in [4.78, 5) is 15.5. The predicted molar refractivity (Wildman–Crippen MR) is 82.2 cm³/mol. The highest BCUT2D eigenvalue weighted by Crippen LogP contribution is 2.25. The Morgan fingerprint density at radius 1 is 1.05 bits per heavy atom. The van der Waals surface area contributed by atoms with Crippen LogP contribution in [0, 0.1) is 0 Å². The summed E-state index contributed by atoms with van der Waals surface area (Å²) in [7, 11) is 1.54. The number of rotatable bonds is 12. The molecule has 1 aliphatic heterocycles. The first-order valence-corrected chi connectivity index (χ1v) is 8.11. The lowest BCUT2D eigenvalue weighted by Crippen LogP contribution is -2.43. The molecule has 0 aliphatic carbocycles. The molecule has 0 spiro atoms. The summed E-state index contributed by atoms with van der Waals surface area (Å²) in [6.07, 6.45) is 2.88. The molecular formula is C15H30N2O5.